The van der Waals surface area contributed by atoms with Crippen LogP contribution in [0.25, 0.3) is 0 Å². The zero-order valence-electron chi connectivity index (χ0n) is 12.6. The molecule has 2 rings (SSSR count). The van der Waals surface area contributed by atoms with Crippen LogP contribution >= 0.6 is 0 Å². The third-order valence-corrected chi connectivity index (χ3v) is 3.76. The largest absolute Gasteiger partial charge is 0.491 e. The summed E-state index contributed by atoms with van der Waals surface area (Å²) in [5.74, 6) is 0.334. The first-order valence-electron chi connectivity index (χ1n) is 7.37. The molecule has 116 valence electrons. The van der Waals surface area contributed by atoms with E-state index in [1.54, 1.807) is 6.07 Å². The van der Waals surface area contributed by atoms with Crippen LogP contribution in [0, 0.1) is 0 Å². The van der Waals surface area contributed by atoms with Gasteiger partial charge in [0.1, 0.15) is 5.75 Å². The highest BCUT2D eigenvalue weighted by Gasteiger charge is 2.38. The maximum Gasteiger partial charge on any atom is 0.237 e. The van der Waals surface area contributed by atoms with Gasteiger partial charge in [0.25, 0.3) is 0 Å². The fourth-order valence-electron chi connectivity index (χ4n) is 2.47. The molecule has 0 heterocycles. The Kier molecular flexibility index (Phi) is 4.85. The van der Waals surface area contributed by atoms with Gasteiger partial charge in [0.2, 0.25) is 5.91 Å². The van der Waals surface area contributed by atoms with Crippen LogP contribution in [0.5, 0.6) is 5.75 Å². The molecule has 2 unspecified atom stereocenters. The molecule has 0 spiro atoms. The number of ether oxygens (including phenoxy) is 1. The second-order valence-electron chi connectivity index (χ2n) is 6.05. The first-order chi connectivity index (χ1) is 9.93. The van der Waals surface area contributed by atoms with Gasteiger partial charge >= 0.3 is 0 Å². The number of hydrogen-bond acceptors (Lipinski definition) is 4. The lowest BCUT2D eigenvalue weighted by atomic mass is 9.93. The fourth-order valence-corrected chi connectivity index (χ4v) is 2.47. The lowest BCUT2D eigenvalue weighted by Gasteiger charge is -2.30. The van der Waals surface area contributed by atoms with E-state index < -0.39 is 5.54 Å². The molecule has 1 aromatic rings. The van der Waals surface area contributed by atoms with Gasteiger partial charge in [0, 0.05) is 12.5 Å². The van der Waals surface area contributed by atoms with Crippen LogP contribution in [0.3, 0.4) is 0 Å². The molecule has 0 saturated heterocycles. The first-order valence-corrected chi connectivity index (χ1v) is 7.37. The Bertz CT molecular complexity index is 502. The number of nitrogens with one attached hydrogen (secondary N) is 1. The van der Waals surface area contributed by atoms with E-state index in [1.807, 2.05) is 32.0 Å². The summed E-state index contributed by atoms with van der Waals surface area (Å²) in [7, 11) is 0. The Morgan fingerprint density at radius 2 is 2.29 bits per heavy atom. The second-order valence-corrected chi connectivity index (χ2v) is 6.05. The van der Waals surface area contributed by atoms with Gasteiger partial charge < -0.3 is 20.9 Å². The van der Waals surface area contributed by atoms with E-state index in [9.17, 15) is 4.79 Å². The van der Waals surface area contributed by atoms with Crippen molar-refractivity contribution in [2.75, 3.05) is 0 Å². The van der Waals surface area contributed by atoms with Crippen molar-refractivity contribution in [1.82, 2.24) is 5.32 Å². The van der Waals surface area contributed by atoms with Crippen molar-refractivity contribution in [2.24, 2.45) is 5.73 Å². The smallest absolute Gasteiger partial charge is 0.237 e. The maximum atomic E-state index is 11.7. The Hall–Kier alpha value is -1.59. The summed E-state index contributed by atoms with van der Waals surface area (Å²) in [4.78, 5) is 11.7. The minimum atomic E-state index is -0.755. The molecule has 1 amide bonds. The molecule has 2 atom stereocenters. The molecule has 5 nitrogen and oxygen atoms in total. The van der Waals surface area contributed by atoms with Gasteiger partial charge in [-0.25, -0.2) is 0 Å². The topological polar surface area (TPSA) is 84.6 Å². The molecule has 1 aromatic carbocycles. The van der Waals surface area contributed by atoms with Gasteiger partial charge in [-0.05, 0) is 44.4 Å². The van der Waals surface area contributed by atoms with E-state index in [2.05, 4.69) is 5.32 Å². The maximum absolute atomic E-state index is 11.7. The second kappa shape index (κ2) is 6.45. The highest BCUT2D eigenvalue weighted by molar-refractivity contribution is 5.84. The summed E-state index contributed by atoms with van der Waals surface area (Å²) in [6.07, 6.45) is 2.53. The average molecular weight is 292 g/mol. The average Bonchev–Trinajstić information content (AvgIpc) is 3.22. The van der Waals surface area contributed by atoms with Gasteiger partial charge in [0.05, 0.1) is 18.2 Å². The third-order valence-electron chi connectivity index (χ3n) is 3.76. The number of amides is 1. The Morgan fingerprint density at radius 3 is 2.86 bits per heavy atom. The molecule has 0 aromatic heterocycles. The number of aliphatic hydroxyl groups is 1. The van der Waals surface area contributed by atoms with E-state index in [4.69, 9.17) is 15.6 Å². The summed E-state index contributed by atoms with van der Waals surface area (Å²) < 4.78 is 5.85. The Labute approximate surface area is 125 Å². The summed E-state index contributed by atoms with van der Waals surface area (Å²) in [6, 6.07) is 7.70. The quantitative estimate of drug-likeness (QED) is 0.675. The molecule has 1 saturated carbocycles. The molecule has 1 aliphatic carbocycles. The molecule has 1 aliphatic rings. The van der Waals surface area contributed by atoms with E-state index in [0.717, 1.165) is 18.4 Å². The summed E-state index contributed by atoms with van der Waals surface area (Å²) in [6.45, 7) is 3.73. The molecule has 21 heavy (non-hydrogen) atoms. The van der Waals surface area contributed by atoms with Crippen molar-refractivity contribution in [2.45, 2.75) is 57.4 Å². The zero-order chi connectivity index (χ0) is 15.5. The molecule has 1 fully saturated rings. The van der Waals surface area contributed by atoms with Crippen LogP contribution < -0.4 is 15.8 Å². The van der Waals surface area contributed by atoms with Crippen LogP contribution in [-0.4, -0.2) is 28.7 Å². The number of aliphatic hydroxyl groups excluding tert-OH is 1. The lowest BCUT2D eigenvalue weighted by molar-refractivity contribution is -0.124. The van der Waals surface area contributed by atoms with E-state index in [0.29, 0.717) is 18.2 Å². The van der Waals surface area contributed by atoms with Gasteiger partial charge in [-0.3, -0.25) is 4.79 Å². The molecule has 4 N–H and O–H groups in total. The minimum Gasteiger partial charge on any atom is -0.491 e. The lowest BCUT2D eigenvalue weighted by Crippen LogP contribution is -2.55. The number of rotatable bonds is 8. The van der Waals surface area contributed by atoms with Crippen LogP contribution in [0.4, 0.5) is 0 Å². The fraction of sp³-hybridized carbons (Fsp3) is 0.562. The van der Waals surface area contributed by atoms with E-state index in [-0.39, 0.29) is 18.6 Å². The highest BCUT2D eigenvalue weighted by atomic mass is 16.5. The molecule has 5 heteroatoms. The van der Waals surface area contributed by atoms with Crippen molar-refractivity contribution in [3.8, 4) is 5.75 Å². The van der Waals surface area contributed by atoms with Crippen LogP contribution in [-0.2, 0) is 11.4 Å². The predicted octanol–water partition coefficient (Wildman–Crippen LogP) is 1.33. The number of benzene rings is 1. The summed E-state index contributed by atoms with van der Waals surface area (Å²) >= 11 is 0. The summed E-state index contributed by atoms with van der Waals surface area (Å²) in [5, 5.41) is 12.4. The number of carbonyl (C=O) groups is 1. The van der Waals surface area contributed by atoms with Crippen molar-refractivity contribution in [1.29, 1.82) is 0 Å². The van der Waals surface area contributed by atoms with Crippen LogP contribution in [0.15, 0.2) is 24.3 Å². The zero-order valence-corrected chi connectivity index (χ0v) is 12.6. The van der Waals surface area contributed by atoms with Crippen molar-refractivity contribution in [3.05, 3.63) is 29.8 Å². The van der Waals surface area contributed by atoms with Gasteiger partial charge in [-0.1, -0.05) is 12.1 Å². The first kappa shape index (κ1) is 15.8. The number of hydrogen-bond donors (Lipinski definition) is 3. The van der Waals surface area contributed by atoms with Crippen LogP contribution in [0.1, 0.15) is 38.7 Å². The molecular weight excluding hydrogens is 268 g/mol. The Balaban J connectivity index is 1.97. The number of carbonyl (C=O) groups excluding carboxylic acids is 1. The van der Waals surface area contributed by atoms with E-state index >= 15 is 0 Å². The standard InChI is InChI=1S/C16H24N2O3/c1-11(21-14-5-3-4-12(8-14)10-19)9-16(2,15(17)20)18-13-6-7-13/h3-5,8,11,13,18-19H,6-7,9-10H2,1-2H3,(H2,17,20). The highest BCUT2D eigenvalue weighted by Crippen LogP contribution is 2.26. The summed E-state index contributed by atoms with van der Waals surface area (Å²) in [5.41, 5.74) is 5.59. The van der Waals surface area contributed by atoms with Gasteiger partial charge in [-0.15, -0.1) is 0 Å². The van der Waals surface area contributed by atoms with Crippen molar-refractivity contribution in [3.63, 3.8) is 0 Å². The molecular formula is C16H24N2O3. The minimum absolute atomic E-state index is 0.0200. The predicted molar refractivity (Wildman–Crippen MR) is 80.8 cm³/mol. The monoisotopic (exact) mass is 292 g/mol. The number of primary amides is 1. The molecule has 0 radical (unpaired) electrons. The molecule has 0 aliphatic heterocycles. The van der Waals surface area contributed by atoms with Gasteiger partial charge in [0.15, 0.2) is 0 Å². The third kappa shape index (κ3) is 4.44. The Morgan fingerprint density at radius 1 is 1.57 bits per heavy atom. The van der Waals surface area contributed by atoms with Crippen LogP contribution in [0.2, 0.25) is 0 Å². The number of nitrogens with two attached hydrogens (primary N) is 1. The SMILES string of the molecule is CC(CC(C)(NC1CC1)C(N)=O)Oc1cccc(CO)c1. The van der Waals surface area contributed by atoms with Crippen molar-refractivity contribution < 1.29 is 14.6 Å². The molecule has 0 bridgehead atoms. The van der Waals surface area contributed by atoms with E-state index in [1.165, 1.54) is 0 Å². The van der Waals surface area contributed by atoms with Gasteiger partial charge in [-0.2, -0.15) is 0 Å². The van der Waals surface area contributed by atoms with Crippen molar-refractivity contribution >= 4 is 5.91 Å². The normalized spacial score (nSPS) is 18.8.